The van der Waals surface area contributed by atoms with Crippen LogP contribution in [0.25, 0.3) is 0 Å². The first-order valence-corrected chi connectivity index (χ1v) is 6.59. The van der Waals surface area contributed by atoms with Gasteiger partial charge < -0.3 is 5.11 Å². The Balaban J connectivity index is 2.23. The third kappa shape index (κ3) is 3.69. The lowest BCUT2D eigenvalue weighted by Crippen LogP contribution is -2.17. The Morgan fingerprint density at radius 1 is 1.26 bits per heavy atom. The Hall–Kier alpha value is -1.57. The first kappa shape index (κ1) is 13.9. The van der Waals surface area contributed by atoms with Crippen LogP contribution in [0.5, 0.6) is 0 Å². The van der Waals surface area contributed by atoms with Crippen molar-refractivity contribution in [1.82, 2.24) is 9.97 Å². The lowest BCUT2D eigenvalue weighted by atomic mass is 9.98. The summed E-state index contributed by atoms with van der Waals surface area (Å²) < 4.78 is 13.6. The molecule has 0 fully saturated rings. The van der Waals surface area contributed by atoms with Gasteiger partial charge in [0.1, 0.15) is 17.6 Å². The van der Waals surface area contributed by atoms with Crippen molar-refractivity contribution < 1.29 is 14.3 Å². The van der Waals surface area contributed by atoms with Crippen LogP contribution in [0.15, 0.2) is 36.7 Å². The van der Waals surface area contributed by atoms with Gasteiger partial charge in [0, 0.05) is 16.0 Å². The van der Waals surface area contributed by atoms with E-state index < -0.39 is 11.9 Å². The van der Waals surface area contributed by atoms with Gasteiger partial charge >= 0.3 is 5.97 Å². The lowest BCUT2D eigenvalue weighted by molar-refractivity contribution is -0.139. The molecule has 0 aliphatic rings. The van der Waals surface area contributed by atoms with Crippen molar-refractivity contribution in [3.63, 3.8) is 0 Å². The second-order valence-corrected chi connectivity index (χ2v) is 5.23. The van der Waals surface area contributed by atoms with E-state index in [1.54, 1.807) is 24.5 Å². The summed E-state index contributed by atoms with van der Waals surface area (Å²) >= 11 is 2.05. The molecule has 98 valence electrons. The summed E-state index contributed by atoms with van der Waals surface area (Å²) in [6, 6.07) is 5.75. The molecule has 2 rings (SSSR count). The van der Waals surface area contributed by atoms with Gasteiger partial charge in [-0.1, -0.05) is 12.1 Å². The highest BCUT2D eigenvalue weighted by atomic mass is 127. The summed E-state index contributed by atoms with van der Waals surface area (Å²) in [6.45, 7) is 0. The second kappa shape index (κ2) is 6.05. The molecule has 1 N–H and O–H groups in total. The molecular weight excluding hydrogens is 362 g/mol. The Kier molecular flexibility index (Phi) is 4.41. The Morgan fingerprint density at radius 2 is 1.84 bits per heavy atom. The molecule has 0 saturated carbocycles. The quantitative estimate of drug-likeness (QED) is 0.839. The topological polar surface area (TPSA) is 63.1 Å². The zero-order chi connectivity index (χ0) is 13.8. The predicted molar refractivity (Wildman–Crippen MR) is 75.2 cm³/mol. The number of carboxylic acids is 1. The molecule has 0 aliphatic heterocycles. The van der Waals surface area contributed by atoms with Gasteiger partial charge in [0.15, 0.2) is 0 Å². The number of hydrogen-bond donors (Lipinski definition) is 1. The Bertz CT molecular complexity index is 572. The van der Waals surface area contributed by atoms with E-state index in [-0.39, 0.29) is 18.1 Å². The van der Waals surface area contributed by atoms with E-state index in [1.807, 2.05) is 0 Å². The van der Waals surface area contributed by atoms with Gasteiger partial charge in [0.2, 0.25) is 0 Å². The number of halogens is 2. The molecule has 4 nitrogen and oxygen atoms in total. The van der Waals surface area contributed by atoms with Crippen LogP contribution < -0.4 is 0 Å². The van der Waals surface area contributed by atoms with E-state index in [1.165, 1.54) is 12.1 Å². The monoisotopic (exact) mass is 372 g/mol. The third-order valence-electron chi connectivity index (χ3n) is 2.60. The van der Waals surface area contributed by atoms with Crippen molar-refractivity contribution in [2.24, 2.45) is 0 Å². The first-order chi connectivity index (χ1) is 9.06. The summed E-state index contributed by atoms with van der Waals surface area (Å²) in [5, 5.41) is 9.26. The molecule has 0 spiro atoms. The number of nitrogens with zero attached hydrogens (tertiary/aromatic N) is 2. The molecule has 1 aromatic heterocycles. The smallest absolute Gasteiger partial charge is 0.314 e. The molecular formula is C13H10FIN2O2. The molecule has 2 aromatic rings. The zero-order valence-electron chi connectivity index (χ0n) is 9.75. The van der Waals surface area contributed by atoms with Crippen LogP contribution in [0.2, 0.25) is 0 Å². The summed E-state index contributed by atoms with van der Waals surface area (Å²) in [5.74, 6) is -1.91. The average Bonchev–Trinajstić information content (AvgIpc) is 2.39. The molecule has 0 bridgehead atoms. The van der Waals surface area contributed by atoms with Crippen molar-refractivity contribution in [1.29, 1.82) is 0 Å². The minimum atomic E-state index is -0.995. The van der Waals surface area contributed by atoms with E-state index in [0.29, 0.717) is 0 Å². The zero-order valence-corrected chi connectivity index (χ0v) is 11.9. The normalized spacial score (nSPS) is 12.1. The summed E-state index contributed by atoms with van der Waals surface area (Å²) in [5.41, 5.74) is 0.732. The maximum absolute atomic E-state index is 12.8. The molecule has 1 atom stereocenters. The number of aromatic nitrogens is 2. The third-order valence-corrected chi connectivity index (χ3v) is 3.16. The molecule has 1 unspecified atom stereocenters. The Labute approximate surface area is 122 Å². The van der Waals surface area contributed by atoms with Gasteiger partial charge in [0.25, 0.3) is 0 Å². The van der Waals surface area contributed by atoms with Gasteiger partial charge in [-0.2, -0.15) is 0 Å². The van der Waals surface area contributed by atoms with Gasteiger partial charge in [-0.3, -0.25) is 4.79 Å². The Morgan fingerprint density at radius 3 is 2.37 bits per heavy atom. The van der Waals surface area contributed by atoms with Crippen molar-refractivity contribution >= 4 is 28.6 Å². The summed E-state index contributed by atoms with van der Waals surface area (Å²) in [6.07, 6.45) is 3.38. The fraction of sp³-hybridized carbons (Fsp3) is 0.154. The summed E-state index contributed by atoms with van der Waals surface area (Å²) in [4.78, 5) is 19.4. The molecule has 0 saturated heterocycles. The number of hydrogen-bond acceptors (Lipinski definition) is 3. The van der Waals surface area contributed by atoms with Crippen molar-refractivity contribution in [3.05, 3.63) is 57.4 Å². The van der Waals surface area contributed by atoms with Crippen LogP contribution in [0, 0.1) is 9.39 Å². The number of benzene rings is 1. The predicted octanol–water partition coefficient (Wildman–Crippen LogP) is 2.63. The van der Waals surface area contributed by atoms with Gasteiger partial charge in [-0.05, 0) is 46.7 Å². The van der Waals surface area contributed by atoms with Gasteiger partial charge in [0.05, 0.1) is 0 Å². The second-order valence-electron chi connectivity index (χ2n) is 3.98. The highest BCUT2D eigenvalue weighted by Crippen LogP contribution is 2.18. The van der Waals surface area contributed by atoms with E-state index >= 15 is 0 Å². The minimum absolute atomic E-state index is 0.232. The molecule has 0 radical (unpaired) electrons. The van der Waals surface area contributed by atoms with Crippen molar-refractivity contribution in [3.8, 4) is 0 Å². The van der Waals surface area contributed by atoms with E-state index in [0.717, 1.165) is 9.13 Å². The molecule has 0 aliphatic carbocycles. The standard InChI is InChI=1S/C13H10FIN2O2/c14-9-3-1-8(2-4-9)5-11(13(18)19)12-16-6-10(15)7-17-12/h1-4,6-7,11H,5H2,(H,18,19). The first-order valence-electron chi connectivity index (χ1n) is 5.51. The van der Waals surface area contributed by atoms with E-state index in [2.05, 4.69) is 32.6 Å². The van der Waals surface area contributed by atoms with Gasteiger partial charge in [-0.15, -0.1) is 0 Å². The van der Waals surface area contributed by atoms with E-state index in [9.17, 15) is 14.3 Å². The molecule has 0 amide bonds. The maximum Gasteiger partial charge on any atom is 0.314 e. The molecule has 19 heavy (non-hydrogen) atoms. The molecule has 6 heteroatoms. The van der Waals surface area contributed by atoms with Crippen molar-refractivity contribution in [2.45, 2.75) is 12.3 Å². The number of carbonyl (C=O) groups is 1. The fourth-order valence-electron chi connectivity index (χ4n) is 1.65. The van der Waals surface area contributed by atoms with Crippen LogP contribution in [-0.4, -0.2) is 21.0 Å². The highest BCUT2D eigenvalue weighted by molar-refractivity contribution is 14.1. The lowest BCUT2D eigenvalue weighted by Gasteiger charge is -2.11. The molecule has 1 heterocycles. The van der Waals surface area contributed by atoms with Crippen LogP contribution in [0.4, 0.5) is 4.39 Å². The van der Waals surface area contributed by atoms with Crippen LogP contribution in [-0.2, 0) is 11.2 Å². The minimum Gasteiger partial charge on any atom is -0.481 e. The van der Waals surface area contributed by atoms with Crippen LogP contribution >= 0.6 is 22.6 Å². The number of aliphatic carboxylic acids is 1. The largest absolute Gasteiger partial charge is 0.481 e. The van der Waals surface area contributed by atoms with Crippen LogP contribution in [0.3, 0.4) is 0 Å². The average molecular weight is 372 g/mol. The van der Waals surface area contributed by atoms with Gasteiger partial charge in [-0.25, -0.2) is 14.4 Å². The van der Waals surface area contributed by atoms with Crippen molar-refractivity contribution in [2.75, 3.05) is 0 Å². The fourth-order valence-corrected chi connectivity index (χ4v) is 1.93. The SMILES string of the molecule is O=C(O)C(Cc1ccc(F)cc1)c1ncc(I)cn1. The van der Waals surface area contributed by atoms with Crippen LogP contribution in [0.1, 0.15) is 17.3 Å². The summed E-state index contributed by atoms with van der Waals surface area (Å²) in [7, 11) is 0. The molecule has 1 aromatic carbocycles. The maximum atomic E-state index is 12.8. The number of carboxylic acid groups (broad SMARTS) is 1. The van der Waals surface area contributed by atoms with E-state index in [4.69, 9.17) is 0 Å². The number of rotatable bonds is 4. The highest BCUT2D eigenvalue weighted by Gasteiger charge is 2.23.